The zero-order chi connectivity index (χ0) is 8.97. The van der Waals surface area contributed by atoms with Gasteiger partial charge in [0.2, 0.25) is 0 Å². The average molecular weight is 198 g/mol. The van der Waals surface area contributed by atoms with Gasteiger partial charge in [0.15, 0.2) is 0 Å². The summed E-state index contributed by atoms with van der Waals surface area (Å²) in [6, 6.07) is 8.69. The molecule has 0 saturated heterocycles. The Morgan fingerprint density at radius 3 is 2.25 bits per heavy atom. The lowest BCUT2D eigenvalue weighted by molar-refractivity contribution is 1.42. The molecule has 0 aliphatic rings. The SMILES string of the molecule is CCP(CC)c1ccccc1P. The van der Waals surface area contributed by atoms with Crippen molar-refractivity contribution in [3.8, 4) is 0 Å². The zero-order valence-corrected chi connectivity index (χ0v) is 9.80. The Kier molecular flexibility index (Phi) is 4.19. The highest BCUT2D eigenvalue weighted by Crippen LogP contribution is 2.32. The summed E-state index contributed by atoms with van der Waals surface area (Å²) in [6.07, 6.45) is 2.61. The highest BCUT2D eigenvalue weighted by atomic mass is 31.1. The lowest BCUT2D eigenvalue weighted by Crippen LogP contribution is -2.17. The van der Waals surface area contributed by atoms with Crippen molar-refractivity contribution < 1.29 is 0 Å². The molecule has 0 N–H and O–H groups in total. The van der Waals surface area contributed by atoms with E-state index < -0.39 is 0 Å². The Morgan fingerprint density at radius 1 is 1.17 bits per heavy atom. The van der Waals surface area contributed by atoms with Gasteiger partial charge >= 0.3 is 0 Å². The molecule has 0 nitrogen and oxygen atoms in total. The molecule has 1 rings (SSSR count). The lowest BCUT2D eigenvalue weighted by atomic mass is 10.4. The van der Waals surface area contributed by atoms with Crippen LogP contribution in [0.2, 0.25) is 0 Å². The van der Waals surface area contributed by atoms with Crippen molar-refractivity contribution >= 4 is 27.8 Å². The largest absolute Gasteiger partial charge is 0.105 e. The first-order valence-electron chi connectivity index (χ1n) is 4.39. The van der Waals surface area contributed by atoms with Crippen LogP contribution in [0.1, 0.15) is 13.8 Å². The van der Waals surface area contributed by atoms with Gasteiger partial charge < -0.3 is 0 Å². The van der Waals surface area contributed by atoms with Gasteiger partial charge in [0.25, 0.3) is 0 Å². The van der Waals surface area contributed by atoms with E-state index in [4.69, 9.17) is 0 Å². The molecular weight excluding hydrogens is 182 g/mol. The molecule has 1 aromatic rings. The number of hydrogen-bond donors (Lipinski definition) is 0. The van der Waals surface area contributed by atoms with E-state index in [0.29, 0.717) is 0 Å². The second kappa shape index (κ2) is 4.95. The van der Waals surface area contributed by atoms with Crippen molar-refractivity contribution in [1.29, 1.82) is 0 Å². The Bertz CT molecular complexity index is 241. The highest BCUT2D eigenvalue weighted by Gasteiger charge is 2.07. The minimum absolute atomic E-state index is 0.107. The fourth-order valence-corrected chi connectivity index (χ4v) is 3.96. The summed E-state index contributed by atoms with van der Waals surface area (Å²) in [5.41, 5.74) is 0. The summed E-state index contributed by atoms with van der Waals surface area (Å²) in [7, 11) is 2.94. The van der Waals surface area contributed by atoms with Crippen molar-refractivity contribution in [2.45, 2.75) is 13.8 Å². The molecule has 0 spiro atoms. The van der Waals surface area contributed by atoms with Crippen LogP contribution in [0.15, 0.2) is 24.3 Å². The standard InChI is InChI=1S/C10H16P2/c1-3-12(4-2)10-8-6-5-7-9(10)11/h5-8H,3-4,11H2,1-2H3. The van der Waals surface area contributed by atoms with Crippen LogP contribution in [0.3, 0.4) is 0 Å². The highest BCUT2D eigenvalue weighted by molar-refractivity contribution is 7.66. The normalized spacial score (nSPS) is 10.7. The molecule has 0 heterocycles. The molecule has 0 fully saturated rings. The third kappa shape index (κ3) is 2.28. The molecule has 1 unspecified atom stereocenters. The Hall–Kier alpha value is 0.0800. The summed E-state index contributed by atoms with van der Waals surface area (Å²) in [5, 5.41) is 2.94. The number of rotatable bonds is 3. The first-order chi connectivity index (χ1) is 5.79. The molecule has 0 aromatic heterocycles. The van der Waals surface area contributed by atoms with Crippen LogP contribution in [-0.2, 0) is 0 Å². The smallest absolute Gasteiger partial charge is 0.0169 e. The van der Waals surface area contributed by atoms with Crippen molar-refractivity contribution in [3.63, 3.8) is 0 Å². The molecule has 0 aliphatic heterocycles. The summed E-state index contributed by atoms with van der Waals surface area (Å²) in [5.74, 6) is 0. The van der Waals surface area contributed by atoms with Crippen molar-refractivity contribution in [1.82, 2.24) is 0 Å². The van der Waals surface area contributed by atoms with E-state index in [2.05, 4.69) is 47.4 Å². The van der Waals surface area contributed by atoms with Gasteiger partial charge in [0.05, 0.1) is 0 Å². The second-order valence-electron chi connectivity index (χ2n) is 2.73. The Balaban J connectivity index is 2.92. The maximum atomic E-state index is 2.83. The van der Waals surface area contributed by atoms with Crippen LogP contribution in [-0.4, -0.2) is 12.3 Å². The molecule has 0 radical (unpaired) electrons. The van der Waals surface area contributed by atoms with Gasteiger partial charge in [-0.3, -0.25) is 0 Å². The monoisotopic (exact) mass is 198 g/mol. The van der Waals surface area contributed by atoms with Gasteiger partial charge in [-0.2, -0.15) is 0 Å². The topological polar surface area (TPSA) is 0 Å². The molecule has 0 saturated carbocycles. The predicted molar refractivity (Wildman–Crippen MR) is 63.4 cm³/mol. The molecule has 1 atom stereocenters. The van der Waals surface area contributed by atoms with Crippen LogP contribution >= 0.6 is 17.2 Å². The molecule has 66 valence electrons. The summed E-state index contributed by atoms with van der Waals surface area (Å²) in [4.78, 5) is 0. The van der Waals surface area contributed by atoms with Crippen molar-refractivity contribution in [2.24, 2.45) is 0 Å². The second-order valence-corrected chi connectivity index (χ2v) is 6.18. The molecule has 1 aromatic carbocycles. The van der Waals surface area contributed by atoms with E-state index in [-0.39, 0.29) is 7.92 Å². The van der Waals surface area contributed by atoms with E-state index in [9.17, 15) is 0 Å². The Labute approximate surface area is 78.7 Å². The summed E-state index contributed by atoms with van der Waals surface area (Å²) < 4.78 is 0. The van der Waals surface area contributed by atoms with Crippen LogP contribution in [0.25, 0.3) is 0 Å². The van der Waals surface area contributed by atoms with E-state index in [1.54, 1.807) is 5.30 Å². The van der Waals surface area contributed by atoms with Crippen LogP contribution in [0, 0.1) is 0 Å². The fourth-order valence-electron chi connectivity index (χ4n) is 1.34. The van der Waals surface area contributed by atoms with Crippen LogP contribution in [0.4, 0.5) is 0 Å². The van der Waals surface area contributed by atoms with Gasteiger partial charge in [0.1, 0.15) is 0 Å². The van der Waals surface area contributed by atoms with E-state index in [1.807, 2.05) is 0 Å². The quantitative estimate of drug-likeness (QED) is 0.654. The van der Waals surface area contributed by atoms with Gasteiger partial charge in [-0.15, -0.1) is 9.24 Å². The van der Waals surface area contributed by atoms with Gasteiger partial charge in [-0.1, -0.05) is 46.0 Å². The van der Waals surface area contributed by atoms with Gasteiger partial charge in [-0.05, 0) is 22.9 Å². The maximum absolute atomic E-state index is 2.83. The van der Waals surface area contributed by atoms with Crippen LogP contribution < -0.4 is 10.6 Å². The van der Waals surface area contributed by atoms with E-state index in [1.165, 1.54) is 17.6 Å². The minimum atomic E-state index is 0.107. The van der Waals surface area contributed by atoms with Crippen LogP contribution in [0.5, 0.6) is 0 Å². The third-order valence-corrected chi connectivity index (χ3v) is 5.40. The molecular formula is C10H16P2. The molecule has 0 amide bonds. The first-order valence-corrected chi connectivity index (χ1v) is 6.68. The van der Waals surface area contributed by atoms with Crippen molar-refractivity contribution in [3.05, 3.63) is 24.3 Å². The molecule has 0 bridgehead atoms. The van der Waals surface area contributed by atoms with Crippen molar-refractivity contribution in [2.75, 3.05) is 12.3 Å². The zero-order valence-electron chi connectivity index (χ0n) is 7.75. The minimum Gasteiger partial charge on any atom is -0.105 e. The third-order valence-electron chi connectivity index (χ3n) is 2.04. The fraction of sp³-hybridized carbons (Fsp3) is 0.400. The molecule has 0 aliphatic carbocycles. The van der Waals surface area contributed by atoms with E-state index >= 15 is 0 Å². The molecule has 2 heteroatoms. The number of benzene rings is 1. The summed E-state index contributed by atoms with van der Waals surface area (Å²) >= 11 is 0. The Morgan fingerprint density at radius 2 is 1.75 bits per heavy atom. The van der Waals surface area contributed by atoms with Gasteiger partial charge in [-0.25, -0.2) is 0 Å². The first kappa shape index (κ1) is 10.2. The lowest BCUT2D eigenvalue weighted by Gasteiger charge is -2.15. The predicted octanol–water partition coefficient (Wildman–Crippen LogP) is 2.33. The maximum Gasteiger partial charge on any atom is -0.0169 e. The average Bonchev–Trinajstić information content (AvgIpc) is 2.10. The van der Waals surface area contributed by atoms with Gasteiger partial charge in [0, 0.05) is 0 Å². The van der Waals surface area contributed by atoms with E-state index in [0.717, 1.165) is 0 Å². The number of hydrogen-bond acceptors (Lipinski definition) is 0. The summed E-state index contributed by atoms with van der Waals surface area (Å²) in [6.45, 7) is 4.57. The molecule has 12 heavy (non-hydrogen) atoms.